The van der Waals surface area contributed by atoms with Crippen molar-refractivity contribution in [1.29, 1.82) is 0 Å². The molecule has 0 saturated heterocycles. The van der Waals surface area contributed by atoms with E-state index in [1.54, 1.807) is 0 Å². The van der Waals surface area contributed by atoms with Crippen LogP contribution < -0.4 is 0 Å². The molecular formula is C38H22N2S. The van der Waals surface area contributed by atoms with Crippen LogP contribution in [0.15, 0.2) is 134 Å². The molecule has 0 radical (unpaired) electrons. The Hall–Kier alpha value is -5.12. The molecule has 190 valence electrons. The Labute approximate surface area is 240 Å². The van der Waals surface area contributed by atoms with Crippen molar-refractivity contribution in [3.63, 3.8) is 0 Å². The van der Waals surface area contributed by atoms with Crippen LogP contribution in [0.3, 0.4) is 0 Å². The van der Waals surface area contributed by atoms with E-state index >= 15 is 0 Å². The van der Waals surface area contributed by atoms with Crippen LogP contribution >= 0.6 is 11.3 Å². The summed E-state index contributed by atoms with van der Waals surface area (Å²) in [6.45, 7) is 0. The minimum absolute atomic E-state index is 0.939. The lowest BCUT2D eigenvalue weighted by Crippen LogP contribution is -1.93. The first-order valence-electron chi connectivity index (χ1n) is 13.8. The zero-order chi connectivity index (χ0) is 26.9. The van der Waals surface area contributed by atoms with Crippen LogP contribution in [-0.2, 0) is 0 Å². The summed E-state index contributed by atoms with van der Waals surface area (Å²) in [5, 5.41) is 8.52. The van der Waals surface area contributed by atoms with Gasteiger partial charge in [0.2, 0.25) is 0 Å². The molecule has 0 fully saturated rings. The predicted molar refractivity (Wildman–Crippen MR) is 176 cm³/mol. The lowest BCUT2D eigenvalue weighted by atomic mass is 9.88. The van der Waals surface area contributed by atoms with Crippen LogP contribution in [0, 0.1) is 0 Å². The fraction of sp³-hybridized carbons (Fsp3) is 0. The van der Waals surface area contributed by atoms with Crippen molar-refractivity contribution in [1.82, 2.24) is 9.97 Å². The summed E-state index contributed by atoms with van der Waals surface area (Å²) >= 11 is 1.87. The summed E-state index contributed by atoms with van der Waals surface area (Å²) in [5.74, 6) is 0. The zero-order valence-corrected chi connectivity index (χ0v) is 22.8. The molecule has 9 aromatic rings. The summed E-state index contributed by atoms with van der Waals surface area (Å²) in [5.41, 5.74) is 7.78. The van der Waals surface area contributed by atoms with Gasteiger partial charge in [0, 0.05) is 48.1 Å². The van der Waals surface area contributed by atoms with Gasteiger partial charge in [0.1, 0.15) is 0 Å². The van der Waals surface area contributed by atoms with Crippen molar-refractivity contribution >= 4 is 75.0 Å². The Bertz CT molecular complexity index is 2490. The van der Waals surface area contributed by atoms with Crippen molar-refractivity contribution in [3.05, 3.63) is 134 Å². The number of para-hydroxylation sites is 1. The highest BCUT2D eigenvalue weighted by atomic mass is 32.1. The lowest BCUT2D eigenvalue weighted by molar-refractivity contribution is 1.40. The number of benzene rings is 6. The molecule has 0 bridgehead atoms. The zero-order valence-electron chi connectivity index (χ0n) is 22.0. The fourth-order valence-corrected chi connectivity index (χ4v) is 7.59. The van der Waals surface area contributed by atoms with E-state index in [1.807, 2.05) is 23.6 Å². The second kappa shape index (κ2) is 8.69. The molecule has 3 aromatic heterocycles. The lowest BCUT2D eigenvalue weighted by Gasteiger charge is -2.16. The van der Waals surface area contributed by atoms with E-state index in [4.69, 9.17) is 9.97 Å². The average Bonchev–Trinajstić information content (AvgIpc) is 3.41. The number of aromatic nitrogens is 2. The third-order valence-corrected chi connectivity index (χ3v) is 9.44. The molecule has 0 N–H and O–H groups in total. The number of nitrogens with zero attached hydrogens (tertiary/aromatic N) is 2. The predicted octanol–water partition coefficient (Wildman–Crippen LogP) is 10.8. The van der Waals surface area contributed by atoms with Gasteiger partial charge in [-0.05, 0) is 51.7 Å². The Balaban J connectivity index is 1.34. The van der Waals surface area contributed by atoms with Crippen molar-refractivity contribution in [3.8, 4) is 22.3 Å². The van der Waals surface area contributed by atoms with Gasteiger partial charge in [0.15, 0.2) is 0 Å². The summed E-state index contributed by atoms with van der Waals surface area (Å²) in [6.07, 6.45) is 1.86. The van der Waals surface area contributed by atoms with Gasteiger partial charge in [-0.25, -0.2) is 4.98 Å². The second-order valence-electron chi connectivity index (χ2n) is 10.6. The minimum Gasteiger partial charge on any atom is -0.254 e. The van der Waals surface area contributed by atoms with Gasteiger partial charge in [-0.1, -0.05) is 103 Å². The van der Waals surface area contributed by atoms with E-state index in [9.17, 15) is 0 Å². The third kappa shape index (κ3) is 3.36. The Kier molecular flexibility index (Phi) is 4.80. The molecule has 9 rings (SSSR count). The molecule has 6 aromatic carbocycles. The number of hydrogen-bond donors (Lipinski definition) is 0. The van der Waals surface area contributed by atoms with E-state index in [0.29, 0.717) is 0 Å². The summed E-state index contributed by atoms with van der Waals surface area (Å²) in [4.78, 5) is 9.87. The molecule has 2 nitrogen and oxygen atoms in total. The minimum atomic E-state index is 0.939. The van der Waals surface area contributed by atoms with Crippen LogP contribution in [0.25, 0.3) is 85.9 Å². The second-order valence-corrected chi connectivity index (χ2v) is 11.6. The smallest absolute Gasteiger partial charge is 0.0978 e. The normalized spacial score (nSPS) is 11.9. The molecule has 3 heterocycles. The maximum atomic E-state index is 5.12. The Morgan fingerprint density at radius 2 is 1.17 bits per heavy atom. The number of hydrogen-bond acceptors (Lipinski definition) is 3. The standard InChI is InChI=1S/C38H22N2S/c1-2-10-27-26(9-1)25(24-16-17-29-28-11-4-6-14-34(28)41-35(29)22-24)19-20-30(27)36-31-12-3-5-13-33(31)40-38-32(36)18-15-23-8-7-21-39-37(23)38/h1-22H. The highest BCUT2D eigenvalue weighted by Crippen LogP contribution is 2.43. The van der Waals surface area contributed by atoms with E-state index in [2.05, 4.69) is 121 Å². The number of fused-ring (bicyclic) bond motifs is 8. The van der Waals surface area contributed by atoms with E-state index in [-0.39, 0.29) is 0 Å². The van der Waals surface area contributed by atoms with Crippen molar-refractivity contribution < 1.29 is 0 Å². The molecule has 0 aliphatic rings. The molecule has 0 spiro atoms. The molecule has 3 heteroatoms. The first kappa shape index (κ1) is 22.7. The third-order valence-electron chi connectivity index (χ3n) is 8.31. The van der Waals surface area contributed by atoms with Gasteiger partial charge in [0.05, 0.1) is 16.6 Å². The molecule has 41 heavy (non-hydrogen) atoms. The maximum absolute atomic E-state index is 5.12. The molecule has 0 aliphatic carbocycles. The van der Waals surface area contributed by atoms with Crippen LogP contribution in [0.5, 0.6) is 0 Å². The number of pyridine rings is 2. The highest BCUT2D eigenvalue weighted by molar-refractivity contribution is 7.25. The molecule has 0 unspecified atom stereocenters. The van der Waals surface area contributed by atoms with Gasteiger partial charge in [-0.15, -0.1) is 11.3 Å². The fourth-order valence-electron chi connectivity index (χ4n) is 6.45. The van der Waals surface area contributed by atoms with Gasteiger partial charge < -0.3 is 0 Å². The maximum Gasteiger partial charge on any atom is 0.0978 e. The van der Waals surface area contributed by atoms with Crippen LogP contribution in [0.4, 0.5) is 0 Å². The summed E-state index contributed by atoms with van der Waals surface area (Å²) in [6, 6.07) is 46.0. The topological polar surface area (TPSA) is 25.8 Å². The monoisotopic (exact) mass is 538 g/mol. The van der Waals surface area contributed by atoms with E-state index in [0.717, 1.165) is 32.7 Å². The molecule has 0 aliphatic heterocycles. The quantitative estimate of drug-likeness (QED) is 0.162. The number of thiophene rings is 1. The van der Waals surface area contributed by atoms with Gasteiger partial charge >= 0.3 is 0 Å². The summed E-state index contributed by atoms with van der Waals surface area (Å²) in [7, 11) is 0. The largest absolute Gasteiger partial charge is 0.254 e. The molecule has 0 amide bonds. The van der Waals surface area contributed by atoms with Crippen molar-refractivity contribution in [2.24, 2.45) is 0 Å². The average molecular weight is 539 g/mol. The summed E-state index contributed by atoms with van der Waals surface area (Å²) < 4.78 is 2.65. The molecule has 0 saturated carbocycles. The van der Waals surface area contributed by atoms with E-state index < -0.39 is 0 Å². The van der Waals surface area contributed by atoms with Crippen LogP contribution in [0.1, 0.15) is 0 Å². The Morgan fingerprint density at radius 3 is 2.07 bits per heavy atom. The highest BCUT2D eigenvalue weighted by Gasteiger charge is 2.17. The van der Waals surface area contributed by atoms with Crippen LogP contribution in [0.2, 0.25) is 0 Å². The molecular weight excluding hydrogens is 516 g/mol. The van der Waals surface area contributed by atoms with Crippen molar-refractivity contribution in [2.75, 3.05) is 0 Å². The number of rotatable bonds is 2. The van der Waals surface area contributed by atoms with Crippen molar-refractivity contribution in [2.45, 2.75) is 0 Å². The first-order valence-corrected chi connectivity index (χ1v) is 14.7. The van der Waals surface area contributed by atoms with Gasteiger partial charge in [-0.2, -0.15) is 0 Å². The van der Waals surface area contributed by atoms with Gasteiger partial charge in [0.25, 0.3) is 0 Å². The van der Waals surface area contributed by atoms with E-state index in [1.165, 1.54) is 53.2 Å². The van der Waals surface area contributed by atoms with Crippen LogP contribution in [-0.4, -0.2) is 9.97 Å². The molecule has 0 atom stereocenters. The Morgan fingerprint density at radius 1 is 0.463 bits per heavy atom. The first-order chi connectivity index (χ1) is 20.3. The van der Waals surface area contributed by atoms with Gasteiger partial charge in [-0.3, -0.25) is 4.98 Å². The SMILES string of the molecule is c1cnc2c(c1)ccc1c(-c3ccc(-c4ccc5c(c4)sc4ccccc45)c4ccccc34)c3ccccc3nc12.